The lowest BCUT2D eigenvalue weighted by Gasteiger charge is -2.53. The summed E-state index contributed by atoms with van der Waals surface area (Å²) in [6.07, 6.45) is 4.42. The van der Waals surface area contributed by atoms with Crippen molar-refractivity contribution in [3.05, 3.63) is 41.0 Å². The molecule has 3 nitrogen and oxygen atoms in total. The zero-order valence-electron chi connectivity index (χ0n) is 15.2. The Bertz CT molecular complexity index is 767. The molecule has 1 saturated heterocycles. The Hall–Kier alpha value is -1.59. The van der Waals surface area contributed by atoms with Gasteiger partial charge in [0.05, 0.1) is 13.2 Å². The van der Waals surface area contributed by atoms with Gasteiger partial charge in [0.1, 0.15) is 11.6 Å². The molecule has 3 fully saturated rings. The van der Waals surface area contributed by atoms with Crippen molar-refractivity contribution in [1.29, 1.82) is 0 Å². The van der Waals surface area contributed by atoms with E-state index in [1.165, 1.54) is 12.1 Å². The van der Waals surface area contributed by atoms with Crippen LogP contribution in [-0.4, -0.2) is 24.8 Å². The fraction of sp³-hybridized carbons (Fsp3) is 0.571. The summed E-state index contributed by atoms with van der Waals surface area (Å²) in [7, 11) is 0. The van der Waals surface area contributed by atoms with E-state index in [9.17, 15) is 13.6 Å². The van der Waals surface area contributed by atoms with Crippen molar-refractivity contribution in [3.8, 4) is 0 Å². The Labute approximate surface area is 152 Å². The van der Waals surface area contributed by atoms with Gasteiger partial charge in [0, 0.05) is 29.4 Å². The molecule has 0 radical (unpaired) electrons. The van der Waals surface area contributed by atoms with Crippen molar-refractivity contribution in [2.75, 3.05) is 13.2 Å². The third-order valence-electron chi connectivity index (χ3n) is 6.71. The lowest BCUT2D eigenvalue weighted by atomic mass is 9.54. The molecule has 140 valence electrons. The van der Waals surface area contributed by atoms with E-state index >= 15 is 0 Å². The van der Waals surface area contributed by atoms with E-state index in [0.29, 0.717) is 38.0 Å². The van der Waals surface area contributed by atoms with E-state index in [1.54, 1.807) is 6.08 Å². The Morgan fingerprint density at radius 1 is 1.19 bits per heavy atom. The van der Waals surface area contributed by atoms with Crippen molar-refractivity contribution in [3.63, 3.8) is 0 Å². The fourth-order valence-corrected chi connectivity index (χ4v) is 5.17. The lowest BCUT2D eigenvalue weighted by molar-refractivity contribution is -0.241. The fourth-order valence-electron chi connectivity index (χ4n) is 5.17. The summed E-state index contributed by atoms with van der Waals surface area (Å²) in [5, 5.41) is 0. The number of benzene rings is 1. The molecule has 3 atom stereocenters. The normalized spacial score (nSPS) is 35.1. The number of Topliss-reactive ketones (excluding diaryl/α,β-unsaturated/α-hetero) is 1. The Morgan fingerprint density at radius 2 is 1.92 bits per heavy atom. The van der Waals surface area contributed by atoms with Crippen LogP contribution in [0.4, 0.5) is 8.78 Å². The van der Waals surface area contributed by atoms with E-state index < -0.39 is 22.8 Å². The van der Waals surface area contributed by atoms with Crippen LogP contribution in [0.2, 0.25) is 0 Å². The van der Waals surface area contributed by atoms with Crippen LogP contribution in [0.15, 0.2) is 23.8 Å². The Balaban J connectivity index is 1.63. The molecule has 1 heterocycles. The van der Waals surface area contributed by atoms with Crippen LogP contribution >= 0.6 is 0 Å². The van der Waals surface area contributed by atoms with Gasteiger partial charge in [-0.1, -0.05) is 13.8 Å². The van der Waals surface area contributed by atoms with Crippen LogP contribution in [-0.2, 0) is 14.3 Å². The molecule has 0 aromatic heterocycles. The van der Waals surface area contributed by atoms with Crippen molar-refractivity contribution in [2.45, 2.75) is 45.3 Å². The summed E-state index contributed by atoms with van der Waals surface area (Å²) in [4.78, 5) is 13.3. The Morgan fingerprint density at radius 3 is 2.62 bits per heavy atom. The van der Waals surface area contributed by atoms with E-state index in [2.05, 4.69) is 6.92 Å². The van der Waals surface area contributed by atoms with Crippen LogP contribution in [0.5, 0.6) is 0 Å². The van der Waals surface area contributed by atoms with E-state index in [1.807, 2.05) is 6.92 Å². The Kier molecular flexibility index (Phi) is 4.27. The number of carbonyl (C=O) groups excluding carboxylic acids is 1. The van der Waals surface area contributed by atoms with Crippen LogP contribution in [0.25, 0.3) is 6.08 Å². The summed E-state index contributed by atoms with van der Waals surface area (Å²) in [6.45, 7) is 5.36. The maximum Gasteiger partial charge on any atom is 0.171 e. The van der Waals surface area contributed by atoms with Gasteiger partial charge in [0.2, 0.25) is 0 Å². The predicted octanol–water partition coefficient (Wildman–Crippen LogP) is 4.51. The second kappa shape index (κ2) is 6.24. The number of rotatable bonds is 1. The highest BCUT2D eigenvalue weighted by Crippen LogP contribution is 2.57. The predicted molar refractivity (Wildman–Crippen MR) is 93.2 cm³/mol. The second-order valence-corrected chi connectivity index (χ2v) is 8.02. The van der Waals surface area contributed by atoms with Gasteiger partial charge in [-0.3, -0.25) is 4.79 Å². The number of halogens is 2. The monoisotopic (exact) mass is 362 g/mol. The van der Waals surface area contributed by atoms with Crippen LogP contribution in [0.3, 0.4) is 0 Å². The molecular weight excluding hydrogens is 338 g/mol. The van der Waals surface area contributed by atoms with Crippen molar-refractivity contribution >= 4 is 11.9 Å². The maximum absolute atomic E-state index is 14.0. The lowest BCUT2D eigenvalue weighted by Crippen LogP contribution is -2.56. The highest BCUT2D eigenvalue weighted by molar-refractivity contribution is 6.04. The topological polar surface area (TPSA) is 35.5 Å². The highest BCUT2D eigenvalue weighted by Gasteiger charge is 2.59. The molecule has 1 spiro atoms. The van der Waals surface area contributed by atoms with Crippen LogP contribution in [0, 0.1) is 28.9 Å². The molecule has 3 aliphatic rings. The largest absolute Gasteiger partial charge is 0.347 e. The quantitative estimate of drug-likeness (QED) is 0.690. The summed E-state index contributed by atoms with van der Waals surface area (Å²) < 4.78 is 39.0. The van der Waals surface area contributed by atoms with Crippen LogP contribution < -0.4 is 0 Å². The molecule has 1 aromatic rings. The molecule has 0 unspecified atom stereocenters. The third kappa shape index (κ3) is 2.64. The van der Waals surface area contributed by atoms with Crippen molar-refractivity contribution in [2.24, 2.45) is 17.3 Å². The first kappa shape index (κ1) is 17.8. The molecule has 1 aliphatic heterocycles. The third-order valence-corrected chi connectivity index (χ3v) is 6.71. The molecule has 2 aliphatic carbocycles. The highest BCUT2D eigenvalue weighted by atomic mass is 19.1. The van der Waals surface area contributed by atoms with Gasteiger partial charge in [-0.15, -0.1) is 0 Å². The van der Waals surface area contributed by atoms with E-state index in [4.69, 9.17) is 9.47 Å². The minimum absolute atomic E-state index is 0.0807. The first-order valence-electron chi connectivity index (χ1n) is 9.34. The summed E-state index contributed by atoms with van der Waals surface area (Å²) >= 11 is 0. The number of hydrogen-bond acceptors (Lipinski definition) is 3. The van der Waals surface area contributed by atoms with E-state index in [-0.39, 0.29) is 23.2 Å². The average molecular weight is 362 g/mol. The first-order chi connectivity index (χ1) is 12.4. The number of ketones is 1. The smallest absolute Gasteiger partial charge is 0.171 e. The van der Waals surface area contributed by atoms with Gasteiger partial charge in [0.15, 0.2) is 11.6 Å². The van der Waals surface area contributed by atoms with Crippen molar-refractivity contribution in [1.82, 2.24) is 0 Å². The number of hydrogen-bond donors (Lipinski definition) is 0. The summed E-state index contributed by atoms with van der Waals surface area (Å²) in [6, 6.07) is 3.46. The molecule has 4 rings (SSSR count). The number of carbonyl (C=O) groups is 1. The summed E-state index contributed by atoms with van der Waals surface area (Å²) in [5.41, 5.74) is 0.408. The minimum atomic E-state index is -0.638. The zero-order valence-corrected chi connectivity index (χ0v) is 15.2. The van der Waals surface area contributed by atoms with Gasteiger partial charge in [-0.2, -0.15) is 0 Å². The van der Waals surface area contributed by atoms with Crippen LogP contribution in [0.1, 0.15) is 45.1 Å². The zero-order chi connectivity index (χ0) is 18.5. The second-order valence-electron chi connectivity index (χ2n) is 8.02. The van der Waals surface area contributed by atoms with Gasteiger partial charge in [-0.25, -0.2) is 8.78 Å². The standard InChI is InChI=1S/C21H24F2O3/c1-13-17-6-4-15(11-14-3-5-16(22)12-18(14)23)19(24)20(17,2)7-8-21(13)25-9-10-26-21/h3,5,11-13,17H,4,6-10H2,1-2H3/b15-11+/t13-,17-,20-/m1/s1. The molecule has 26 heavy (non-hydrogen) atoms. The maximum atomic E-state index is 14.0. The number of ether oxygens (including phenoxy) is 2. The van der Waals surface area contributed by atoms with Gasteiger partial charge in [-0.05, 0) is 49.0 Å². The number of fused-ring (bicyclic) bond motifs is 1. The molecule has 0 bridgehead atoms. The molecular formula is C21H24F2O3. The molecule has 1 aromatic carbocycles. The van der Waals surface area contributed by atoms with Gasteiger partial charge in [0.25, 0.3) is 0 Å². The summed E-state index contributed by atoms with van der Waals surface area (Å²) in [5.74, 6) is -1.41. The SMILES string of the molecule is C[C@@H]1[C@H]2CC/C(=C\c3ccc(F)cc3F)C(=O)[C@]2(C)CCC12OCCO2. The molecule has 0 amide bonds. The molecule has 0 N–H and O–H groups in total. The van der Waals surface area contributed by atoms with Gasteiger partial charge >= 0.3 is 0 Å². The average Bonchev–Trinajstić information content (AvgIpc) is 3.08. The van der Waals surface area contributed by atoms with Gasteiger partial charge < -0.3 is 9.47 Å². The molecule has 5 heteroatoms. The number of allylic oxidation sites excluding steroid dienone is 1. The minimum Gasteiger partial charge on any atom is -0.347 e. The van der Waals surface area contributed by atoms with E-state index in [0.717, 1.165) is 12.5 Å². The molecule has 2 saturated carbocycles. The first-order valence-corrected chi connectivity index (χ1v) is 9.34. The van der Waals surface area contributed by atoms with Crippen molar-refractivity contribution < 1.29 is 23.0 Å².